The highest BCUT2D eigenvalue weighted by molar-refractivity contribution is 5.89. The minimum atomic E-state index is -1.35. The van der Waals surface area contributed by atoms with Gasteiger partial charge in [-0.05, 0) is 25.7 Å². The summed E-state index contributed by atoms with van der Waals surface area (Å²) in [6, 6.07) is 1.03. The van der Waals surface area contributed by atoms with Crippen molar-refractivity contribution in [2.45, 2.75) is 50.2 Å². The Bertz CT molecular complexity index is 791. The number of halogens is 3. The van der Waals surface area contributed by atoms with Crippen molar-refractivity contribution in [3.8, 4) is 0 Å². The molecule has 1 aromatic rings. The highest BCUT2D eigenvalue weighted by Crippen LogP contribution is 2.30. The number of carbonyl (C=O) groups is 2. The zero-order valence-corrected chi connectivity index (χ0v) is 15.4. The van der Waals surface area contributed by atoms with Gasteiger partial charge in [-0.15, -0.1) is 0 Å². The molecule has 3 amide bonds. The summed E-state index contributed by atoms with van der Waals surface area (Å²) in [4.78, 5) is 28.3. The van der Waals surface area contributed by atoms with Crippen molar-refractivity contribution in [3.63, 3.8) is 0 Å². The number of hydrogen-bond acceptors (Lipinski definition) is 3. The van der Waals surface area contributed by atoms with Gasteiger partial charge in [0.25, 0.3) is 0 Å². The third-order valence-corrected chi connectivity index (χ3v) is 6.02. The van der Waals surface area contributed by atoms with E-state index in [1.54, 1.807) is 0 Å². The number of piperazine rings is 1. The molecule has 3 atom stereocenters. The molecule has 3 fully saturated rings. The number of benzene rings is 1. The molecule has 9 heteroatoms. The van der Waals surface area contributed by atoms with Gasteiger partial charge in [-0.2, -0.15) is 0 Å². The van der Waals surface area contributed by atoms with E-state index in [2.05, 4.69) is 15.5 Å². The quantitative estimate of drug-likeness (QED) is 0.772. The van der Waals surface area contributed by atoms with E-state index in [1.165, 1.54) is 0 Å². The van der Waals surface area contributed by atoms with Crippen LogP contribution in [0.4, 0.5) is 23.7 Å². The molecule has 1 aromatic carbocycles. The van der Waals surface area contributed by atoms with Crippen LogP contribution in [0.2, 0.25) is 0 Å². The summed E-state index contributed by atoms with van der Waals surface area (Å²) < 4.78 is 40.2. The molecular weight excluding hydrogens is 373 g/mol. The van der Waals surface area contributed by atoms with Crippen LogP contribution in [0, 0.1) is 17.5 Å². The number of hydrogen-bond donors (Lipinski definition) is 2. The average molecular weight is 396 g/mol. The molecule has 2 aliphatic heterocycles. The van der Waals surface area contributed by atoms with Crippen molar-refractivity contribution >= 4 is 17.6 Å². The van der Waals surface area contributed by atoms with Gasteiger partial charge in [-0.1, -0.05) is 0 Å². The molecule has 3 aliphatic rings. The van der Waals surface area contributed by atoms with E-state index in [0.717, 1.165) is 51.4 Å². The lowest BCUT2D eigenvalue weighted by molar-refractivity contribution is -0.131. The van der Waals surface area contributed by atoms with Gasteiger partial charge in [0.2, 0.25) is 5.91 Å². The number of nitrogens with zero attached hydrogens (tertiary/aromatic N) is 2. The third-order valence-electron chi connectivity index (χ3n) is 6.02. The second kappa shape index (κ2) is 7.62. The molecule has 2 heterocycles. The summed E-state index contributed by atoms with van der Waals surface area (Å²) in [7, 11) is 0. The summed E-state index contributed by atoms with van der Waals surface area (Å²) >= 11 is 0. The molecule has 152 valence electrons. The van der Waals surface area contributed by atoms with Gasteiger partial charge in [0.05, 0.1) is 5.69 Å². The van der Waals surface area contributed by atoms with E-state index in [0.29, 0.717) is 24.6 Å². The van der Waals surface area contributed by atoms with E-state index in [4.69, 9.17) is 0 Å². The summed E-state index contributed by atoms with van der Waals surface area (Å²) in [6.45, 7) is 2.45. The van der Waals surface area contributed by atoms with Gasteiger partial charge < -0.3 is 15.5 Å². The minimum Gasteiger partial charge on any atom is -0.337 e. The molecular formula is C19H23F3N4O2. The fourth-order valence-corrected chi connectivity index (χ4v) is 4.63. The van der Waals surface area contributed by atoms with E-state index < -0.39 is 29.2 Å². The second-order valence-corrected chi connectivity index (χ2v) is 7.79. The molecule has 1 aliphatic carbocycles. The Hall–Kier alpha value is -2.29. The fraction of sp³-hybridized carbons (Fsp3) is 0.579. The average Bonchev–Trinajstić information content (AvgIpc) is 3.26. The number of fused-ring (bicyclic) bond motifs is 1. The van der Waals surface area contributed by atoms with Crippen molar-refractivity contribution < 1.29 is 22.8 Å². The Morgan fingerprint density at radius 2 is 1.89 bits per heavy atom. The first-order chi connectivity index (χ1) is 13.4. The summed E-state index contributed by atoms with van der Waals surface area (Å²) in [5.74, 6) is -3.35. The minimum absolute atomic E-state index is 0.0882. The number of urea groups is 1. The molecule has 6 nitrogen and oxygen atoms in total. The molecule has 2 N–H and O–H groups in total. The predicted octanol–water partition coefficient (Wildman–Crippen LogP) is 2.45. The van der Waals surface area contributed by atoms with E-state index >= 15 is 0 Å². The summed E-state index contributed by atoms with van der Waals surface area (Å²) in [6.07, 6.45) is 4.00. The number of rotatable bonds is 3. The maximum atomic E-state index is 13.7. The van der Waals surface area contributed by atoms with Crippen LogP contribution in [-0.2, 0) is 4.79 Å². The summed E-state index contributed by atoms with van der Waals surface area (Å²) in [5, 5.41) is 4.95. The van der Waals surface area contributed by atoms with Crippen LogP contribution in [0.1, 0.15) is 32.1 Å². The number of carbonyl (C=O) groups excluding carboxylic acids is 2. The number of nitrogens with one attached hydrogen (secondary N) is 2. The molecule has 0 radical (unpaired) electrons. The van der Waals surface area contributed by atoms with E-state index in [1.807, 2.05) is 4.90 Å². The first-order valence-corrected chi connectivity index (χ1v) is 9.66. The maximum Gasteiger partial charge on any atom is 0.319 e. The Kier molecular flexibility index (Phi) is 5.18. The first kappa shape index (κ1) is 19.0. The van der Waals surface area contributed by atoms with Crippen LogP contribution >= 0.6 is 0 Å². The largest absolute Gasteiger partial charge is 0.337 e. The Morgan fingerprint density at radius 3 is 2.71 bits per heavy atom. The van der Waals surface area contributed by atoms with Crippen LogP contribution in [0.3, 0.4) is 0 Å². The van der Waals surface area contributed by atoms with Crippen molar-refractivity contribution in [2.24, 2.45) is 0 Å². The van der Waals surface area contributed by atoms with Gasteiger partial charge in [0, 0.05) is 56.3 Å². The second-order valence-electron chi connectivity index (χ2n) is 7.79. The van der Waals surface area contributed by atoms with E-state index in [9.17, 15) is 22.8 Å². The molecule has 0 spiro atoms. The Labute approximate surface area is 161 Å². The smallest absolute Gasteiger partial charge is 0.319 e. The van der Waals surface area contributed by atoms with Crippen LogP contribution in [-0.4, -0.2) is 59.5 Å². The number of amides is 3. The first-order valence-electron chi connectivity index (χ1n) is 9.66. The lowest BCUT2D eigenvalue weighted by atomic mass is 10.1. The van der Waals surface area contributed by atoms with Gasteiger partial charge in [0.1, 0.15) is 5.82 Å². The van der Waals surface area contributed by atoms with Crippen LogP contribution < -0.4 is 10.6 Å². The van der Waals surface area contributed by atoms with Crippen molar-refractivity contribution in [1.29, 1.82) is 0 Å². The zero-order valence-electron chi connectivity index (χ0n) is 15.4. The van der Waals surface area contributed by atoms with Crippen LogP contribution in [0.25, 0.3) is 0 Å². The molecule has 1 saturated carbocycles. The highest BCUT2D eigenvalue weighted by atomic mass is 19.2. The molecule has 2 saturated heterocycles. The Morgan fingerprint density at radius 1 is 1.07 bits per heavy atom. The maximum absolute atomic E-state index is 13.7. The Balaban J connectivity index is 1.29. The lowest BCUT2D eigenvalue weighted by Crippen LogP contribution is -2.54. The summed E-state index contributed by atoms with van der Waals surface area (Å²) in [5.41, 5.74) is -0.522. The van der Waals surface area contributed by atoms with Gasteiger partial charge >= 0.3 is 6.03 Å². The molecule has 4 rings (SSSR count). The molecule has 3 unspecified atom stereocenters. The molecule has 0 aromatic heterocycles. The topological polar surface area (TPSA) is 64.7 Å². The van der Waals surface area contributed by atoms with Crippen LogP contribution in [0.15, 0.2) is 12.1 Å². The standard InChI is InChI=1S/C19H23F3N4O2/c20-11-7-15(21)18(22)16(8-11)24-19(28)23-12-1-2-13(9-12)25-5-6-26-14(10-25)3-4-17(26)27/h7-8,12-14H,1-6,9-10H2,(H2,23,24,28). The molecule has 28 heavy (non-hydrogen) atoms. The monoisotopic (exact) mass is 396 g/mol. The van der Waals surface area contributed by atoms with E-state index in [-0.39, 0.29) is 11.9 Å². The predicted molar refractivity (Wildman–Crippen MR) is 96.2 cm³/mol. The van der Waals surface area contributed by atoms with Crippen molar-refractivity contribution in [1.82, 2.24) is 15.1 Å². The lowest BCUT2D eigenvalue weighted by Gasteiger charge is -2.40. The third kappa shape index (κ3) is 3.80. The molecule has 0 bridgehead atoms. The van der Waals surface area contributed by atoms with Gasteiger partial charge in [0.15, 0.2) is 11.6 Å². The van der Waals surface area contributed by atoms with Crippen molar-refractivity contribution in [3.05, 3.63) is 29.6 Å². The van der Waals surface area contributed by atoms with Gasteiger partial charge in [-0.3, -0.25) is 9.69 Å². The highest BCUT2D eigenvalue weighted by Gasteiger charge is 2.39. The van der Waals surface area contributed by atoms with Crippen LogP contribution in [0.5, 0.6) is 0 Å². The zero-order chi connectivity index (χ0) is 19.8. The van der Waals surface area contributed by atoms with Gasteiger partial charge in [-0.25, -0.2) is 18.0 Å². The van der Waals surface area contributed by atoms with Crippen molar-refractivity contribution in [2.75, 3.05) is 25.0 Å². The fourth-order valence-electron chi connectivity index (χ4n) is 4.63. The SMILES string of the molecule is O=C(Nc1cc(F)cc(F)c1F)NC1CCC(N2CCN3C(=O)CCC3C2)C1. The normalized spacial score (nSPS) is 27.8. The number of anilines is 1.